The zero-order valence-corrected chi connectivity index (χ0v) is 15.2. The molecule has 0 heterocycles. The molecule has 7 heteroatoms. The maximum Gasteiger partial charge on any atom is 0.311 e. The van der Waals surface area contributed by atoms with Crippen molar-refractivity contribution < 1.29 is 9.59 Å². The lowest BCUT2D eigenvalue weighted by atomic mass is 10.5. The summed E-state index contributed by atoms with van der Waals surface area (Å²) in [6, 6.07) is -0.499. The van der Waals surface area contributed by atoms with Crippen LogP contribution < -0.4 is 9.96 Å². The van der Waals surface area contributed by atoms with E-state index in [9.17, 15) is 9.59 Å². The van der Waals surface area contributed by atoms with Gasteiger partial charge in [0.2, 0.25) is 0 Å². The molecule has 0 aliphatic heterocycles. The third-order valence-corrected chi connectivity index (χ3v) is 4.49. The van der Waals surface area contributed by atoms with E-state index in [0.29, 0.717) is 26.2 Å². The molecule has 6 nitrogen and oxygen atoms in total. The Morgan fingerprint density at radius 1 is 0.783 bits per heavy atom. The summed E-state index contributed by atoms with van der Waals surface area (Å²) in [6.07, 6.45) is 6.58. The Morgan fingerprint density at radius 3 is 1.26 bits per heavy atom. The zero-order chi connectivity index (χ0) is 17.9. The van der Waals surface area contributed by atoms with Crippen LogP contribution in [0.25, 0.3) is 0 Å². The van der Waals surface area contributed by atoms with E-state index in [4.69, 9.17) is 0 Å². The monoisotopic (exact) mass is 336 g/mol. The number of rotatable bonds is 10. The highest BCUT2D eigenvalue weighted by Gasteiger charge is 2.29. The molecular weight excluding hydrogens is 308 g/mol. The number of nitrogens with one attached hydrogen (secondary N) is 2. The van der Waals surface area contributed by atoms with Crippen LogP contribution in [0.15, 0.2) is 50.6 Å². The zero-order valence-electron chi connectivity index (χ0n) is 14.2. The maximum atomic E-state index is 12.3. The fourth-order valence-electron chi connectivity index (χ4n) is 1.83. The standard InChI is InChI=1S/C16H28N4O2Si/c1-7-11-19(12-8-2)15(21)17-23(5,6)18-16(22)20(13-9-3)14-10-4/h7-10H,1-4,11-14H2,5-6H3,(H,17,21)(H,18,22). The molecule has 0 aliphatic rings. The van der Waals surface area contributed by atoms with E-state index in [0.717, 1.165) is 0 Å². The molecule has 23 heavy (non-hydrogen) atoms. The lowest BCUT2D eigenvalue weighted by Gasteiger charge is -2.31. The Bertz CT molecular complexity index is 403. The van der Waals surface area contributed by atoms with Crippen LogP contribution in [0.1, 0.15) is 0 Å². The molecule has 0 aliphatic carbocycles. The molecule has 0 aromatic heterocycles. The van der Waals surface area contributed by atoms with Gasteiger partial charge in [0.1, 0.15) is 0 Å². The number of hydrogen-bond acceptors (Lipinski definition) is 2. The molecular formula is C16H28N4O2Si. The predicted octanol–water partition coefficient (Wildman–Crippen LogP) is 2.46. The number of carbonyl (C=O) groups excluding carboxylic acids is 2. The van der Waals surface area contributed by atoms with Crippen LogP contribution in [0.3, 0.4) is 0 Å². The Labute approximate surface area is 140 Å². The average Bonchev–Trinajstić information content (AvgIpc) is 2.45. The molecule has 0 saturated carbocycles. The van der Waals surface area contributed by atoms with Crippen LogP contribution in [-0.2, 0) is 0 Å². The van der Waals surface area contributed by atoms with Gasteiger partial charge in [0.05, 0.1) is 0 Å². The number of hydrogen-bond donors (Lipinski definition) is 2. The first kappa shape index (κ1) is 20.7. The van der Waals surface area contributed by atoms with Gasteiger partial charge in [0, 0.05) is 26.2 Å². The number of amides is 4. The molecule has 0 saturated heterocycles. The van der Waals surface area contributed by atoms with Crippen molar-refractivity contribution in [2.45, 2.75) is 13.1 Å². The van der Waals surface area contributed by atoms with Gasteiger partial charge in [-0.05, 0) is 13.1 Å². The second-order valence-corrected chi connectivity index (χ2v) is 9.20. The highest BCUT2D eigenvalue weighted by molar-refractivity contribution is 6.76. The van der Waals surface area contributed by atoms with E-state index in [1.54, 1.807) is 34.1 Å². The van der Waals surface area contributed by atoms with Crippen LogP contribution >= 0.6 is 0 Å². The Balaban J connectivity index is 4.83. The van der Waals surface area contributed by atoms with E-state index in [1.807, 2.05) is 13.1 Å². The second-order valence-electron chi connectivity index (χ2n) is 5.45. The van der Waals surface area contributed by atoms with Crippen LogP contribution in [0.2, 0.25) is 13.1 Å². The minimum atomic E-state index is -2.49. The van der Waals surface area contributed by atoms with Gasteiger partial charge in [-0.25, -0.2) is 9.59 Å². The molecule has 0 aromatic carbocycles. The topological polar surface area (TPSA) is 64.7 Å². The van der Waals surface area contributed by atoms with Crippen molar-refractivity contribution in [3.05, 3.63) is 50.6 Å². The van der Waals surface area contributed by atoms with E-state index in [1.165, 1.54) is 0 Å². The molecule has 0 bridgehead atoms. The fourth-order valence-corrected chi connectivity index (χ4v) is 3.28. The van der Waals surface area contributed by atoms with Gasteiger partial charge in [0.25, 0.3) is 8.40 Å². The van der Waals surface area contributed by atoms with Gasteiger partial charge in [-0.15, -0.1) is 26.3 Å². The third kappa shape index (κ3) is 8.06. The molecule has 0 rings (SSSR count). The molecule has 0 unspecified atom stereocenters. The van der Waals surface area contributed by atoms with Crippen molar-refractivity contribution >= 4 is 20.5 Å². The molecule has 0 fully saturated rings. The molecule has 128 valence electrons. The van der Waals surface area contributed by atoms with Gasteiger partial charge in [-0.3, -0.25) is 0 Å². The van der Waals surface area contributed by atoms with E-state index >= 15 is 0 Å². The first-order chi connectivity index (χ1) is 10.8. The number of nitrogens with zero attached hydrogens (tertiary/aromatic N) is 2. The van der Waals surface area contributed by atoms with Crippen LogP contribution in [0, 0.1) is 0 Å². The van der Waals surface area contributed by atoms with Crippen molar-refractivity contribution in [2.24, 2.45) is 0 Å². The van der Waals surface area contributed by atoms with Crippen molar-refractivity contribution in [1.82, 2.24) is 19.8 Å². The maximum absolute atomic E-state index is 12.3. The van der Waals surface area contributed by atoms with Crippen LogP contribution in [0.4, 0.5) is 9.59 Å². The lowest BCUT2D eigenvalue weighted by Crippen LogP contribution is -2.65. The second kappa shape index (κ2) is 10.4. The Hall–Kier alpha value is -2.28. The lowest BCUT2D eigenvalue weighted by molar-refractivity contribution is 0.211. The summed E-state index contributed by atoms with van der Waals surface area (Å²) >= 11 is 0. The minimum absolute atomic E-state index is 0.249. The molecule has 0 atom stereocenters. The van der Waals surface area contributed by atoms with Gasteiger partial charge >= 0.3 is 12.1 Å². The Kier molecular flexibility index (Phi) is 9.41. The van der Waals surface area contributed by atoms with Crippen molar-refractivity contribution in [1.29, 1.82) is 0 Å². The number of carbonyl (C=O) groups is 2. The summed E-state index contributed by atoms with van der Waals surface area (Å²) in [6.45, 7) is 19.9. The van der Waals surface area contributed by atoms with Crippen LogP contribution in [0.5, 0.6) is 0 Å². The first-order valence-electron chi connectivity index (χ1n) is 7.39. The highest BCUT2D eigenvalue weighted by Crippen LogP contribution is 2.00. The molecule has 0 spiro atoms. The van der Waals surface area contributed by atoms with E-state index in [-0.39, 0.29) is 12.1 Å². The van der Waals surface area contributed by atoms with Gasteiger partial charge in [-0.1, -0.05) is 24.3 Å². The van der Waals surface area contributed by atoms with E-state index < -0.39 is 8.40 Å². The van der Waals surface area contributed by atoms with E-state index in [2.05, 4.69) is 36.3 Å². The van der Waals surface area contributed by atoms with Gasteiger partial charge in [0.15, 0.2) is 0 Å². The molecule has 0 radical (unpaired) electrons. The molecule has 4 amide bonds. The summed E-state index contributed by atoms with van der Waals surface area (Å²) in [5, 5.41) is 0. The molecule has 2 N–H and O–H groups in total. The summed E-state index contributed by atoms with van der Waals surface area (Å²) in [4.78, 5) is 33.6. The normalized spacial score (nSPS) is 10.2. The quantitative estimate of drug-likeness (QED) is 0.475. The minimum Gasteiger partial charge on any atom is -0.346 e. The van der Waals surface area contributed by atoms with Crippen LogP contribution in [-0.4, -0.2) is 56.4 Å². The third-order valence-electron chi connectivity index (χ3n) is 2.81. The summed E-state index contributed by atoms with van der Waals surface area (Å²) in [5.74, 6) is 0. The first-order valence-corrected chi connectivity index (χ1v) is 10.4. The van der Waals surface area contributed by atoms with Crippen molar-refractivity contribution in [2.75, 3.05) is 26.2 Å². The summed E-state index contributed by atoms with van der Waals surface area (Å²) in [7, 11) is -2.49. The molecule has 0 aromatic rings. The SMILES string of the molecule is C=CCN(CC=C)C(=O)N[Si](C)(C)NC(=O)N(CC=C)CC=C. The Morgan fingerprint density at radius 2 is 1.04 bits per heavy atom. The highest BCUT2D eigenvalue weighted by atomic mass is 28.3. The average molecular weight is 337 g/mol. The summed E-state index contributed by atoms with van der Waals surface area (Å²) < 4.78 is 0. The number of urea groups is 2. The largest absolute Gasteiger partial charge is 0.346 e. The van der Waals surface area contributed by atoms with Gasteiger partial charge < -0.3 is 19.8 Å². The van der Waals surface area contributed by atoms with Crippen molar-refractivity contribution in [3.63, 3.8) is 0 Å². The summed E-state index contributed by atoms with van der Waals surface area (Å²) in [5.41, 5.74) is 0. The van der Waals surface area contributed by atoms with Crippen molar-refractivity contribution in [3.8, 4) is 0 Å². The smallest absolute Gasteiger partial charge is 0.311 e. The predicted molar refractivity (Wildman–Crippen MR) is 98.5 cm³/mol. The van der Waals surface area contributed by atoms with Gasteiger partial charge in [-0.2, -0.15) is 0 Å². The fraction of sp³-hybridized carbons (Fsp3) is 0.375.